The molecule has 2 unspecified atom stereocenters. The molecule has 0 amide bonds. The summed E-state index contributed by atoms with van der Waals surface area (Å²) in [5.41, 5.74) is 6.43. The van der Waals surface area contributed by atoms with Gasteiger partial charge in [-0.3, -0.25) is 4.90 Å². The summed E-state index contributed by atoms with van der Waals surface area (Å²) >= 11 is 5.40. The summed E-state index contributed by atoms with van der Waals surface area (Å²) in [4.78, 5) is 6.30. The van der Waals surface area contributed by atoms with Crippen LogP contribution in [0.4, 0.5) is 0 Å². The Hall–Kier alpha value is 0.0600. The zero-order chi connectivity index (χ0) is 15.4. The van der Waals surface area contributed by atoms with Crippen LogP contribution in [0.2, 0.25) is 0 Å². The number of nitrogens with two attached hydrogens (primary N) is 1. The minimum Gasteiger partial charge on any atom is -0.326 e. The van der Waals surface area contributed by atoms with Gasteiger partial charge in [-0.1, -0.05) is 6.92 Å². The summed E-state index contributed by atoms with van der Waals surface area (Å²) < 4.78 is 1.19. The third-order valence-corrected chi connectivity index (χ3v) is 6.32. The van der Waals surface area contributed by atoms with E-state index in [1.807, 2.05) is 11.3 Å². The van der Waals surface area contributed by atoms with Gasteiger partial charge in [0, 0.05) is 17.5 Å². The highest BCUT2D eigenvalue weighted by molar-refractivity contribution is 9.11. The predicted molar refractivity (Wildman–Crippen MR) is 95.9 cm³/mol. The molecule has 5 heteroatoms. The van der Waals surface area contributed by atoms with E-state index in [1.165, 1.54) is 34.6 Å². The van der Waals surface area contributed by atoms with Crippen LogP contribution in [0.25, 0.3) is 0 Å². The molecule has 1 saturated heterocycles. The number of piperidine rings is 1. The van der Waals surface area contributed by atoms with Crippen molar-refractivity contribution in [3.63, 3.8) is 0 Å². The van der Waals surface area contributed by atoms with Gasteiger partial charge in [0.15, 0.2) is 0 Å². The van der Waals surface area contributed by atoms with E-state index in [0.29, 0.717) is 6.04 Å². The van der Waals surface area contributed by atoms with Crippen LogP contribution in [0, 0.1) is 5.92 Å². The van der Waals surface area contributed by atoms with Crippen LogP contribution in [0.1, 0.15) is 37.1 Å². The van der Waals surface area contributed by atoms with Crippen molar-refractivity contribution in [1.82, 2.24) is 9.80 Å². The normalized spacial score (nSPS) is 20.9. The van der Waals surface area contributed by atoms with E-state index in [9.17, 15) is 0 Å². The molecule has 2 atom stereocenters. The second kappa shape index (κ2) is 8.06. The number of nitrogens with zero attached hydrogens (tertiary/aromatic N) is 2. The van der Waals surface area contributed by atoms with Crippen molar-refractivity contribution in [3.8, 4) is 0 Å². The molecular weight excluding hydrogens is 346 g/mol. The lowest BCUT2D eigenvalue weighted by atomic mass is 9.95. The molecule has 0 saturated carbocycles. The van der Waals surface area contributed by atoms with Crippen LogP contribution in [0.15, 0.2) is 15.9 Å². The fourth-order valence-corrected chi connectivity index (χ4v) is 4.90. The average molecular weight is 374 g/mol. The molecule has 1 aliphatic rings. The van der Waals surface area contributed by atoms with Gasteiger partial charge in [0.2, 0.25) is 0 Å². The summed E-state index contributed by atoms with van der Waals surface area (Å²) in [6.45, 7) is 5.80. The van der Waals surface area contributed by atoms with Crippen molar-refractivity contribution in [2.24, 2.45) is 11.7 Å². The standard InChI is InChI=1S/C16H28BrN3S/c1-4-13(18)16(14-5-6-15(17)21-14)20(3)11-12-7-9-19(2)10-8-12/h5-6,12-13,16H,4,7-11,18H2,1-3H3. The van der Waals surface area contributed by atoms with Crippen molar-refractivity contribution < 1.29 is 0 Å². The molecule has 2 heterocycles. The molecule has 0 bridgehead atoms. The second-order valence-corrected chi connectivity index (χ2v) is 8.84. The molecule has 1 aromatic rings. The van der Waals surface area contributed by atoms with Crippen LogP contribution in [-0.4, -0.2) is 49.6 Å². The van der Waals surface area contributed by atoms with Gasteiger partial charge >= 0.3 is 0 Å². The first-order chi connectivity index (χ1) is 10.0. The molecule has 2 rings (SSSR count). The lowest BCUT2D eigenvalue weighted by Crippen LogP contribution is -2.42. The largest absolute Gasteiger partial charge is 0.326 e. The summed E-state index contributed by atoms with van der Waals surface area (Å²) in [7, 11) is 4.46. The highest BCUT2D eigenvalue weighted by atomic mass is 79.9. The molecule has 3 nitrogen and oxygen atoms in total. The molecule has 1 aromatic heterocycles. The Morgan fingerprint density at radius 2 is 2.10 bits per heavy atom. The first-order valence-electron chi connectivity index (χ1n) is 7.90. The van der Waals surface area contributed by atoms with Crippen LogP contribution < -0.4 is 5.73 Å². The number of halogens is 1. The Kier molecular flexibility index (Phi) is 6.69. The number of rotatable bonds is 6. The molecule has 0 aliphatic carbocycles. The van der Waals surface area contributed by atoms with Crippen molar-refractivity contribution in [1.29, 1.82) is 0 Å². The van der Waals surface area contributed by atoms with E-state index in [2.05, 4.69) is 58.9 Å². The lowest BCUT2D eigenvalue weighted by molar-refractivity contribution is 0.138. The van der Waals surface area contributed by atoms with E-state index in [-0.39, 0.29) is 6.04 Å². The SMILES string of the molecule is CCC(N)C(c1ccc(Br)s1)N(C)CC1CCN(C)CC1. The fourth-order valence-electron chi connectivity index (χ4n) is 3.23. The minimum atomic E-state index is 0.201. The van der Waals surface area contributed by atoms with Gasteiger partial charge in [-0.2, -0.15) is 0 Å². The van der Waals surface area contributed by atoms with E-state index in [4.69, 9.17) is 5.73 Å². The quantitative estimate of drug-likeness (QED) is 0.826. The molecule has 1 aliphatic heterocycles. The van der Waals surface area contributed by atoms with Crippen LogP contribution in [0.5, 0.6) is 0 Å². The monoisotopic (exact) mass is 373 g/mol. The number of thiophene rings is 1. The molecule has 120 valence electrons. The zero-order valence-electron chi connectivity index (χ0n) is 13.4. The van der Waals surface area contributed by atoms with E-state index >= 15 is 0 Å². The lowest BCUT2D eigenvalue weighted by Gasteiger charge is -2.36. The fraction of sp³-hybridized carbons (Fsp3) is 0.750. The van der Waals surface area contributed by atoms with Crippen molar-refractivity contribution >= 4 is 27.3 Å². The zero-order valence-corrected chi connectivity index (χ0v) is 15.8. The highest BCUT2D eigenvalue weighted by Crippen LogP contribution is 2.33. The maximum absolute atomic E-state index is 6.43. The Morgan fingerprint density at radius 1 is 1.43 bits per heavy atom. The molecule has 21 heavy (non-hydrogen) atoms. The predicted octanol–water partition coefficient (Wildman–Crippen LogP) is 3.56. The van der Waals surface area contributed by atoms with Crippen molar-refractivity contribution in [2.75, 3.05) is 33.7 Å². The summed E-state index contributed by atoms with van der Waals surface area (Å²) in [6, 6.07) is 4.90. The third-order valence-electron chi connectivity index (χ3n) is 4.62. The maximum atomic E-state index is 6.43. The molecule has 0 spiro atoms. The van der Waals surface area contributed by atoms with Gasteiger partial charge in [-0.15, -0.1) is 11.3 Å². The number of likely N-dealkylation sites (tertiary alicyclic amines) is 1. The second-order valence-electron chi connectivity index (χ2n) is 6.35. The minimum absolute atomic E-state index is 0.201. The Balaban J connectivity index is 2.02. The molecule has 1 fully saturated rings. The number of likely N-dealkylation sites (N-methyl/N-ethyl adjacent to an activating group) is 1. The van der Waals surface area contributed by atoms with E-state index < -0.39 is 0 Å². The molecular formula is C16H28BrN3S. The van der Waals surface area contributed by atoms with Gasteiger partial charge in [0.1, 0.15) is 0 Å². The van der Waals surface area contributed by atoms with Crippen molar-refractivity contribution in [3.05, 3.63) is 20.8 Å². The van der Waals surface area contributed by atoms with Gasteiger partial charge in [0.25, 0.3) is 0 Å². The first-order valence-corrected chi connectivity index (χ1v) is 9.51. The van der Waals surface area contributed by atoms with Crippen molar-refractivity contribution in [2.45, 2.75) is 38.3 Å². The topological polar surface area (TPSA) is 32.5 Å². The maximum Gasteiger partial charge on any atom is 0.0702 e. The summed E-state index contributed by atoms with van der Waals surface area (Å²) in [5.74, 6) is 0.807. The van der Waals surface area contributed by atoms with Gasteiger partial charge in [-0.25, -0.2) is 0 Å². The third kappa shape index (κ3) is 4.76. The first kappa shape index (κ1) is 17.4. The molecule has 2 N–H and O–H groups in total. The summed E-state index contributed by atoms with van der Waals surface area (Å²) in [5, 5.41) is 0. The average Bonchev–Trinajstić information content (AvgIpc) is 2.87. The van der Waals surface area contributed by atoms with E-state index in [0.717, 1.165) is 18.9 Å². The Bertz CT molecular complexity index is 429. The molecule has 0 radical (unpaired) electrons. The summed E-state index contributed by atoms with van der Waals surface area (Å²) in [6.07, 6.45) is 3.63. The number of hydrogen-bond acceptors (Lipinski definition) is 4. The van der Waals surface area contributed by atoms with E-state index in [1.54, 1.807) is 0 Å². The Labute approximate surface area is 141 Å². The molecule has 0 aromatic carbocycles. The van der Waals surface area contributed by atoms with Gasteiger partial charge < -0.3 is 10.6 Å². The van der Waals surface area contributed by atoms with Crippen LogP contribution in [-0.2, 0) is 0 Å². The number of hydrogen-bond donors (Lipinski definition) is 1. The van der Waals surface area contributed by atoms with Gasteiger partial charge in [0.05, 0.1) is 9.83 Å². The smallest absolute Gasteiger partial charge is 0.0702 e. The highest BCUT2D eigenvalue weighted by Gasteiger charge is 2.27. The van der Waals surface area contributed by atoms with Gasteiger partial charge in [-0.05, 0) is 80.4 Å². The van der Waals surface area contributed by atoms with Crippen LogP contribution >= 0.6 is 27.3 Å². The van der Waals surface area contributed by atoms with Crippen LogP contribution in [0.3, 0.4) is 0 Å². The Morgan fingerprint density at radius 3 is 2.62 bits per heavy atom.